The SMILES string of the molecule is C/C=C/C(C)=N\NC(N)=O. The molecule has 0 saturated carbocycles. The van der Waals surface area contributed by atoms with Gasteiger partial charge in [0, 0.05) is 0 Å². The molecule has 0 bridgehead atoms. The summed E-state index contributed by atoms with van der Waals surface area (Å²) in [4.78, 5) is 10.1. The molecule has 0 fully saturated rings. The molecule has 0 aliphatic heterocycles. The maximum atomic E-state index is 10.1. The van der Waals surface area contributed by atoms with E-state index in [9.17, 15) is 4.79 Å². The van der Waals surface area contributed by atoms with Gasteiger partial charge in [-0.05, 0) is 19.9 Å². The van der Waals surface area contributed by atoms with Crippen molar-refractivity contribution < 1.29 is 4.79 Å². The third kappa shape index (κ3) is 4.83. The Labute approximate surface area is 59.8 Å². The minimum absolute atomic E-state index is 0.649. The van der Waals surface area contributed by atoms with Crippen LogP contribution in [0.15, 0.2) is 17.3 Å². The number of carbonyl (C=O) groups is 1. The number of urea groups is 1. The normalized spacial score (nSPS) is 12.0. The van der Waals surface area contributed by atoms with Crippen LogP contribution >= 0.6 is 0 Å². The Kier molecular flexibility index (Phi) is 3.95. The molecule has 2 amide bonds. The number of nitrogens with zero attached hydrogens (tertiary/aromatic N) is 1. The lowest BCUT2D eigenvalue weighted by molar-refractivity contribution is 0.249. The maximum Gasteiger partial charge on any atom is 0.332 e. The van der Waals surface area contributed by atoms with Gasteiger partial charge in [-0.25, -0.2) is 10.2 Å². The number of hydrogen-bond donors (Lipinski definition) is 2. The Morgan fingerprint density at radius 3 is 2.70 bits per heavy atom. The lowest BCUT2D eigenvalue weighted by Gasteiger charge is -1.91. The third-order valence-electron chi connectivity index (χ3n) is 0.750. The maximum absolute atomic E-state index is 10.1. The predicted octanol–water partition coefficient (Wildman–Crippen LogP) is 0.607. The number of nitrogens with two attached hydrogens (primary N) is 1. The fourth-order valence-corrected chi connectivity index (χ4v) is 0.422. The van der Waals surface area contributed by atoms with Crippen molar-refractivity contribution in [2.45, 2.75) is 13.8 Å². The molecule has 0 spiro atoms. The van der Waals surface area contributed by atoms with Gasteiger partial charge < -0.3 is 5.73 Å². The van der Waals surface area contributed by atoms with Gasteiger partial charge in [0.2, 0.25) is 0 Å². The first-order valence-corrected chi connectivity index (χ1v) is 2.89. The second kappa shape index (κ2) is 4.55. The second-order valence-electron chi connectivity index (χ2n) is 1.73. The summed E-state index contributed by atoms with van der Waals surface area (Å²) in [5.41, 5.74) is 7.57. The van der Waals surface area contributed by atoms with Gasteiger partial charge in [-0.3, -0.25) is 0 Å². The highest BCUT2D eigenvalue weighted by Crippen LogP contribution is 1.76. The molecule has 0 radical (unpaired) electrons. The standard InChI is InChI=1S/C6H11N3O/c1-3-4-5(2)8-9-6(7)10/h3-4H,1-2H3,(H3,7,9,10)/b4-3+,8-5-. The average molecular weight is 141 g/mol. The number of primary amides is 1. The number of nitrogens with one attached hydrogen (secondary N) is 1. The van der Waals surface area contributed by atoms with Crippen molar-refractivity contribution in [2.75, 3.05) is 0 Å². The van der Waals surface area contributed by atoms with Crippen LogP contribution in [0, 0.1) is 0 Å². The van der Waals surface area contributed by atoms with Gasteiger partial charge in [0.25, 0.3) is 0 Å². The zero-order valence-corrected chi connectivity index (χ0v) is 6.09. The molecule has 3 N–H and O–H groups in total. The molecule has 0 unspecified atom stereocenters. The predicted molar refractivity (Wildman–Crippen MR) is 40.6 cm³/mol. The topological polar surface area (TPSA) is 67.5 Å². The van der Waals surface area contributed by atoms with Crippen LogP contribution in [0.5, 0.6) is 0 Å². The highest BCUT2D eigenvalue weighted by Gasteiger charge is 1.85. The van der Waals surface area contributed by atoms with Crippen LogP contribution in [0.4, 0.5) is 4.79 Å². The van der Waals surface area contributed by atoms with Gasteiger partial charge in [-0.2, -0.15) is 5.10 Å². The van der Waals surface area contributed by atoms with Crippen LogP contribution in [-0.4, -0.2) is 11.7 Å². The first kappa shape index (κ1) is 8.68. The molecular weight excluding hydrogens is 130 g/mol. The summed E-state index contributed by atoms with van der Waals surface area (Å²) >= 11 is 0. The fourth-order valence-electron chi connectivity index (χ4n) is 0.422. The Bertz CT molecular complexity index is 172. The molecule has 0 saturated heterocycles. The summed E-state index contributed by atoms with van der Waals surface area (Å²) in [6.07, 6.45) is 3.58. The summed E-state index contributed by atoms with van der Waals surface area (Å²) in [5, 5.41) is 3.62. The van der Waals surface area contributed by atoms with Crippen molar-refractivity contribution in [2.24, 2.45) is 10.8 Å². The molecule has 0 aromatic heterocycles. The molecule has 0 rings (SSSR count). The van der Waals surface area contributed by atoms with Crippen molar-refractivity contribution in [3.8, 4) is 0 Å². The minimum Gasteiger partial charge on any atom is -0.350 e. The molecule has 0 heterocycles. The molecule has 0 aliphatic carbocycles. The quantitative estimate of drug-likeness (QED) is 0.429. The van der Waals surface area contributed by atoms with E-state index in [1.165, 1.54) is 0 Å². The Hall–Kier alpha value is -1.32. The first-order valence-electron chi connectivity index (χ1n) is 2.89. The van der Waals surface area contributed by atoms with Crippen LogP contribution in [0.3, 0.4) is 0 Å². The average Bonchev–Trinajstić information content (AvgIpc) is 1.85. The number of hydrazone groups is 1. The monoisotopic (exact) mass is 141 g/mol. The molecule has 4 heteroatoms. The minimum atomic E-state index is -0.649. The van der Waals surface area contributed by atoms with E-state index >= 15 is 0 Å². The molecule has 56 valence electrons. The van der Waals surface area contributed by atoms with E-state index in [1.54, 1.807) is 13.0 Å². The number of hydrogen-bond acceptors (Lipinski definition) is 2. The largest absolute Gasteiger partial charge is 0.350 e. The van der Waals surface area contributed by atoms with Crippen molar-refractivity contribution in [1.29, 1.82) is 0 Å². The summed E-state index contributed by atoms with van der Waals surface area (Å²) < 4.78 is 0. The molecule has 0 aromatic carbocycles. The van der Waals surface area contributed by atoms with Gasteiger partial charge >= 0.3 is 6.03 Å². The number of carbonyl (C=O) groups excluding carboxylic acids is 1. The number of allylic oxidation sites excluding steroid dienone is 2. The van der Waals surface area contributed by atoms with Crippen molar-refractivity contribution >= 4 is 11.7 Å². The van der Waals surface area contributed by atoms with Gasteiger partial charge in [-0.15, -0.1) is 0 Å². The Morgan fingerprint density at radius 1 is 1.70 bits per heavy atom. The van der Waals surface area contributed by atoms with Gasteiger partial charge in [0.05, 0.1) is 5.71 Å². The van der Waals surface area contributed by atoms with E-state index in [-0.39, 0.29) is 0 Å². The van der Waals surface area contributed by atoms with Gasteiger partial charge in [0.1, 0.15) is 0 Å². The zero-order valence-electron chi connectivity index (χ0n) is 6.09. The van der Waals surface area contributed by atoms with Crippen molar-refractivity contribution in [1.82, 2.24) is 5.43 Å². The van der Waals surface area contributed by atoms with Gasteiger partial charge in [0.15, 0.2) is 0 Å². The van der Waals surface area contributed by atoms with Crippen LogP contribution in [0.2, 0.25) is 0 Å². The first-order chi connectivity index (χ1) is 4.66. The number of amides is 2. The van der Waals surface area contributed by atoms with E-state index in [2.05, 4.69) is 10.5 Å². The van der Waals surface area contributed by atoms with Crippen LogP contribution in [0.1, 0.15) is 13.8 Å². The smallest absolute Gasteiger partial charge is 0.332 e. The zero-order chi connectivity index (χ0) is 7.98. The van der Waals surface area contributed by atoms with Crippen LogP contribution in [-0.2, 0) is 0 Å². The van der Waals surface area contributed by atoms with E-state index in [0.717, 1.165) is 0 Å². The van der Waals surface area contributed by atoms with E-state index in [4.69, 9.17) is 5.73 Å². The molecule has 10 heavy (non-hydrogen) atoms. The Morgan fingerprint density at radius 2 is 2.30 bits per heavy atom. The van der Waals surface area contributed by atoms with Crippen molar-refractivity contribution in [3.63, 3.8) is 0 Å². The molecule has 0 aliphatic rings. The summed E-state index contributed by atoms with van der Waals surface area (Å²) in [7, 11) is 0. The van der Waals surface area contributed by atoms with Crippen LogP contribution in [0.25, 0.3) is 0 Å². The van der Waals surface area contributed by atoms with Crippen molar-refractivity contribution in [3.05, 3.63) is 12.2 Å². The summed E-state index contributed by atoms with van der Waals surface area (Å²) in [6.45, 7) is 3.62. The number of rotatable bonds is 2. The van der Waals surface area contributed by atoms with Gasteiger partial charge in [-0.1, -0.05) is 6.08 Å². The molecule has 0 atom stereocenters. The molecule has 4 nitrogen and oxygen atoms in total. The molecule has 0 aromatic rings. The fraction of sp³-hybridized carbons (Fsp3) is 0.333. The van der Waals surface area contributed by atoms with Crippen LogP contribution < -0.4 is 11.2 Å². The Balaban J connectivity index is 3.80. The highest BCUT2D eigenvalue weighted by molar-refractivity contribution is 5.93. The second-order valence-corrected chi connectivity index (χ2v) is 1.73. The summed E-state index contributed by atoms with van der Waals surface area (Å²) in [5.74, 6) is 0. The molecular formula is C6H11N3O. The van der Waals surface area contributed by atoms with E-state index < -0.39 is 6.03 Å². The highest BCUT2D eigenvalue weighted by atomic mass is 16.2. The van der Waals surface area contributed by atoms with E-state index in [1.807, 2.05) is 13.0 Å². The van der Waals surface area contributed by atoms with E-state index in [0.29, 0.717) is 5.71 Å². The lowest BCUT2D eigenvalue weighted by Crippen LogP contribution is -2.25. The third-order valence-corrected chi connectivity index (χ3v) is 0.750. The summed E-state index contributed by atoms with van der Waals surface area (Å²) in [6, 6.07) is -0.649. The lowest BCUT2D eigenvalue weighted by atomic mass is 10.4.